The molecule has 1 aromatic carbocycles. The van der Waals surface area contributed by atoms with E-state index in [1.807, 2.05) is 43.5 Å². The Bertz CT molecular complexity index is 258. The van der Waals surface area contributed by atoms with Crippen LogP contribution < -0.4 is 5.73 Å². The zero-order chi connectivity index (χ0) is 9.03. The molecule has 0 saturated heterocycles. The molecule has 0 spiro atoms. The molecular weight excluding hydrogens is 150 g/mol. The fourth-order valence-electron chi connectivity index (χ4n) is 1.07. The quantitative estimate of drug-likeness (QED) is 0.729. The third kappa shape index (κ3) is 1.53. The van der Waals surface area contributed by atoms with Crippen molar-refractivity contribution < 1.29 is 4.79 Å². The number of rotatable bonds is 3. The third-order valence-corrected chi connectivity index (χ3v) is 2.03. The molecule has 0 aliphatic heterocycles. The number of benzene rings is 1. The predicted molar refractivity (Wildman–Crippen MR) is 48.3 cm³/mol. The molecule has 0 unspecified atom stereocenters. The van der Waals surface area contributed by atoms with Crippen LogP contribution in [0.5, 0.6) is 0 Å². The van der Waals surface area contributed by atoms with Gasteiger partial charge in [0.2, 0.25) is 6.29 Å². The van der Waals surface area contributed by atoms with Gasteiger partial charge in [0.1, 0.15) is 5.54 Å². The molecule has 0 aliphatic carbocycles. The van der Waals surface area contributed by atoms with Crippen molar-refractivity contribution in [3.8, 4) is 0 Å². The van der Waals surface area contributed by atoms with Gasteiger partial charge in [-0.1, -0.05) is 37.3 Å². The second-order valence-corrected chi connectivity index (χ2v) is 2.79. The highest BCUT2D eigenvalue weighted by atomic mass is 16.1. The molecule has 0 fully saturated rings. The number of hydrogen-bond donors (Lipinski definition) is 1. The maximum atomic E-state index is 10.6. The minimum Gasteiger partial charge on any atom is -0.315 e. The van der Waals surface area contributed by atoms with Crippen LogP contribution in [0.4, 0.5) is 0 Å². The molecule has 2 nitrogen and oxygen atoms in total. The van der Waals surface area contributed by atoms with E-state index in [1.165, 1.54) is 0 Å². The van der Waals surface area contributed by atoms with Gasteiger partial charge in [-0.05, 0) is 12.0 Å². The second kappa shape index (κ2) is 3.50. The van der Waals surface area contributed by atoms with Crippen LogP contribution >= 0.6 is 0 Å². The van der Waals surface area contributed by atoms with Crippen LogP contribution in [0.2, 0.25) is 0 Å². The lowest BCUT2D eigenvalue weighted by molar-refractivity contribution is 0.482. The zero-order valence-electron chi connectivity index (χ0n) is 7.08. The molecule has 0 amide bonds. The van der Waals surface area contributed by atoms with Crippen LogP contribution in [0, 0.1) is 0 Å². The Balaban J connectivity index is 3.03. The van der Waals surface area contributed by atoms with Crippen molar-refractivity contribution in [1.29, 1.82) is 0 Å². The minimum absolute atomic E-state index is 0.570. The van der Waals surface area contributed by atoms with Gasteiger partial charge in [-0.3, -0.25) is 4.79 Å². The Morgan fingerprint density at radius 2 is 2.00 bits per heavy atom. The van der Waals surface area contributed by atoms with E-state index in [0.29, 0.717) is 6.42 Å². The molecule has 2 N–H and O–H groups in total. The number of nitrogens with two attached hydrogens (primary N) is 1. The van der Waals surface area contributed by atoms with E-state index < -0.39 is 5.54 Å². The van der Waals surface area contributed by atoms with E-state index in [9.17, 15) is 4.79 Å². The maximum Gasteiger partial charge on any atom is 0.224 e. The van der Waals surface area contributed by atoms with E-state index in [-0.39, 0.29) is 0 Å². The first-order chi connectivity index (χ1) is 5.73. The van der Waals surface area contributed by atoms with E-state index >= 15 is 0 Å². The second-order valence-electron chi connectivity index (χ2n) is 2.79. The fourth-order valence-corrected chi connectivity index (χ4v) is 1.07. The molecule has 0 aromatic heterocycles. The highest BCUT2D eigenvalue weighted by Gasteiger charge is 2.24. The Hall–Kier alpha value is -1.15. The first kappa shape index (κ1) is 8.94. The van der Waals surface area contributed by atoms with Gasteiger partial charge in [0, 0.05) is 0 Å². The molecule has 1 aromatic rings. The van der Waals surface area contributed by atoms with Crippen molar-refractivity contribution in [2.45, 2.75) is 18.9 Å². The third-order valence-electron chi connectivity index (χ3n) is 2.03. The largest absolute Gasteiger partial charge is 0.315 e. The first-order valence-electron chi connectivity index (χ1n) is 3.96. The smallest absolute Gasteiger partial charge is 0.224 e. The van der Waals surface area contributed by atoms with E-state index in [4.69, 9.17) is 5.73 Å². The van der Waals surface area contributed by atoms with Crippen LogP contribution in [-0.4, -0.2) is 6.29 Å². The lowest BCUT2D eigenvalue weighted by Gasteiger charge is -2.19. The summed E-state index contributed by atoms with van der Waals surface area (Å²) in [6.07, 6.45) is 2.44. The minimum atomic E-state index is -0.929. The first-order valence-corrected chi connectivity index (χ1v) is 3.96. The number of hydrogen-bond acceptors (Lipinski definition) is 2. The summed E-state index contributed by atoms with van der Waals surface area (Å²) in [4.78, 5) is 10.6. The lowest BCUT2D eigenvalue weighted by Crippen LogP contribution is -2.37. The molecular formula is C10H12NO. The highest BCUT2D eigenvalue weighted by molar-refractivity contribution is 5.67. The van der Waals surface area contributed by atoms with Crippen molar-refractivity contribution >= 4 is 6.29 Å². The van der Waals surface area contributed by atoms with Gasteiger partial charge in [-0.25, -0.2) is 0 Å². The molecule has 0 heterocycles. The van der Waals surface area contributed by atoms with Gasteiger partial charge in [-0.2, -0.15) is 0 Å². The topological polar surface area (TPSA) is 43.1 Å². The van der Waals surface area contributed by atoms with Gasteiger partial charge in [0.05, 0.1) is 0 Å². The van der Waals surface area contributed by atoms with Crippen LogP contribution in [0.15, 0.2) is 30.3 Å². The van der Waals surface area contributed by atoms with E-state index in [0.717, 1.165) is 5.56 Å². The number of carbonyl (C=O) groups excluding carboxylic acids is 1. The van der Waals surface area contributed by atoms with Crippen LogP contribution in [0.25, 0.3) is 0 Å². The van der Waals surface area contributed by atoms with Crippen LogP contribution in [-0.2, 0) is 10.3 Å². The van der Waals surface area contributed by atoms with Crippen LogP contribution in [0.1, 0.15) is 18.9 Å². The average molecular weight is 162 g/mol. The molecule has 63 valence electrons. The average Bonchev–Trinajstić information content (AvgIpc) is 2.18. The lowest BCUT2D eigenvalue weighted by atomic mass is 9.90. The Morgan fingerprint density at radius 3 is 2.42 bits per heavy atom. The van der Waals surface area contributed by atoms with Crippen molar-refractivity contribution in [2.24, 2.45) is 5.73 Å². The summed E-state index contributed by atoms with van der Waals surface area (Å²) in [6, 6.07) is 9.31. The summed E-state index contributed by atoms with van der Waals surface area (Å²) < 4.78 is 0. The summed E-state index contributed by atoms with van der Waals surface area (Å²) in [5.74, 6) is 0. The Kier molecular flexibility index (Phi) is 2.61. The van der Waals surface area contributed by atoms with Crippen molar-refractivity contribution in [3.05, 3.63) is 35.9 Å². The SMILES string of the molecule is CC[C@](N)([C]=O)c1ccccc1. The molecule has 1 rings (SSSR count). The molecule has 0 saturated carbocycles. The van der Waals surface area contributed by atoms with Gasteiger partial charge in [0.25, 0.3) is 0 Å². The summed E-state index contributed by atoms with van der Waals surface area (Å²) in [7, 11) is 0. The summed E-state index contributed by atoms with van der Waals surface area (Å²) in [6.45, 7) is 1.87. The van der Waals surface area contributed by atoms with Gasteiger partial charge in [0.15, 0.2) is 0 Å². The monoisotopic (exact) mass is 162 g/mol. The van der Waals surface area contributed by atoms with Gasteiger partial charge < -0.3 is 5.73 Å². The Morgan fingerprint density at radius 1 is 1.42 bits per heavy atom. The normalized spacial score (nSPS) is 15.2. The van der Waals surface area contributed by atoms with Gasteiger partial charge >= 0.3 is 0 Å². The van der Waals surface area contributed by atoms with Crippen molar-refractivity contribution in [3.63, 3.8) is 0 Å². The standard InChI is InChI=1S/C10H12NO/c1-2-10(11,8-12)9-6-4-3-5-7-9/h3-7H,2,11H2,1H3/t10-/m0/s1. The fraction of sp³-hybridized carbons (Fsp3) is 0.300. The molecule has 2 heteroatoms. The van der Waals surface area contributed by atoms with Crippen molar-refractivity contribution in [1.82, 2.24) is 0 Å². The molecule has 0 bridgehead atoms. The summed E-state index contributed by atoms with van der Waals surface area (Å²) >= 11 is 0. The predicted octanol–water partition coefficient (Wildman–Crippen LogP) is 1.36. The summed E-state index contributed by atoms with van der Waals surface area (Å²) in [5.41, 5.74) is 5.69. The Labute approximate surface area is 72.4 Å². The molecule has 1 radical (unpaired) electrons. The van der Waals surface area contributed by atoms with E-state index in [1.54, 1.807) is 0 Å². The zero-order valence-corrected chi connectivity index (χ0v) is 7.08. The molecule has 1 atom stereocenters. The van der Waals surface area contributed by atoms with Gasteiger partial charge in [-0.15, -0.1) is 0 Å². The highest BCUT2D eigenvalue weighted by Crippen LogP contribution is 2.18. The summed E-state index contributed by atoms with van der Waals surface area (Å²) in [5, 5.41) is 0. The van der Waals surface area contributed by atoms with E-state index in [2.05, 4.69) is 0 Å². The molecule has 0 aliphatic rings. The van der Waals surface area contributed by atoms with Crippen LogP contribution in [0.3, 0.4) is 0 Å². The van der Waals surface area contributed by atoms with Crippen molar-refractivity contribution in [2.75, 3.05) is 0 Å². The molecule has 12 heavy (non-hydrogen) atoms. The maximum absolute atomic E-state index is 10.6.